The zero-order valence-electron chi connectivity index (χ0n) is 14.6. The Hall–Kier alpha value is -1.54. The van der Waals surface area contributed by atoms with Crippen LogP contribution in [0.3, 0.4) is 0 Å². The van der Waals surface area contributed by atoms with E-state index in [1.807, 2.05) is 51.1 Å². The molecule has 25 heavy (non-hydrogen) atoms. The molecule has 0 spiro atoms. The highest BCUT2D eigenvalue weighted by atomic mass is 35.5. The second-order valence-corrected chi connectivity index (χ2v) is 8.26. The fraction of sp³-hybridized carbons (Fsp3) is 0.412. The molecule has 138 valence electrons. The van der Waals surface area contributed by atoms with Crippen LogP contribution in [0.4, 0.5) is 0 Å². The lowest BCUT2D eigenvalue weighted by Gasteiger charge is -2.30. The summed E-state index contributed by atoms with van der Waals surface area (Å²) in [7, 11) is -3.73. The van der Waals surface area contributed by atoms with Crippen molar-refractivity contribution in [3.8, 4) is 11.4 Å². The van der Waals surface area contributed by atoms with Gasteiger partial charge in [-0.1, -0.05) is 44.2 Å². The van der Waals surface area contributed by atoms with Crippen molar-refractivity contribution in [2.45, 2.75) is 37.6 Å². The highest BCUT2D eigenvalue weighted by Gasteiger charge is 2.30. The van der Waals surface area contributed by atoms with Gasteiger partial charge in [-0.05, 0) is 19.3 Å². The van der Waals surface area contributed by atoms with Gasteiger partial charge in [-0.2, -0.15) is 0 Å². The van der Waals surface area contributed by atoms with Gasteiger partial charge in [0.15, 0.2) is 5.82 Å². The molecule has 0 bridgehead atoms. The average Bonchev–Trinajstić information content (AvgIpc) is 2.54. The number of nitrogens with two attached hydrogens (primary N) is 1. The van der Waals surface area contributed by atoms with Gasteiger partial charge in [0.1, 0.15) is 4.90 Å². The van der Waals surface area contributed by atoms with E-state index < -0.39 is 15.6 Å². The summed E-state index contributed by atoms with van der Waals surface area (Å²) in [6.45, 7) is 6.08. The van der Waals surface area contributed by atoms with Crippen LogP contribution in [0, 0.1) is 5.92 Å². The number of rotatable bonds is 7. The molecule has 6 nitrogen and oxygen atoms in total. The molecule has 1 atom stereocenters. The van der Waals surface area contributed by atoms with E-state index in [9.17, 15) is 8.42 Å². The number of halogens is 1. The summed E-state index contributed by atoms with van der Waals surface area (Å²) < 4.78 is 27.9. The van der Waals surface area contributed by atoms with Crippen LogP contribution in [0.25, 0.3) is 11.4 Å². The molecule has 0 aliphatic heterocycles. The molecule has 0 radical (unpaired) electrons. The van der Waals surface area contributed by atoms with Gasteiger partial charge < -0.3 is 5.73 Å². The summed E-state index contributed by atoms with van der Waals surface area (Å²) >= 11 is 0. The first-order valence-electron chi connectivity index (χ1n) is 7.87. The smallest absolute Gasteiger partial charge is 0.244 e. The van der Waals surface area contributed by atoms with E-state index in [0.717, 1.165) is 5.56 Å². The first kappa shape index (κ1) is 21.5. The average molecular weight is 385 g/mol. The number of hydrogen-bond acceptors (Lipinski definition) is 5. The molecule has 0 saturated carbocycles. The second kappa shape index (κ2) is 8.71. The van der Waals surface area contributed by atoms with Crippen molar-refractivity contribution in [1.29, 1.82) is 0 Å². The Morgan fingerprint density at radius 3 is 2.20 bits per heavy atom. The molecular formula is C17H25ClN4O2S. The molecule has 1 aromatic carbocycles. The quantitative estimate of drug-likeness (QED) is 0.764. The summed E-state index contributed by atoms with van der Waals surface area (Å²) in [5.41, 5.74) is 5.91. The molecule has 0 fully saturated rings. The minimum atomic E-state index is -3.73. The van der Waals surface area contributed by atoms with Gasteiger partial charge in [-0.25, -0.2) is 23.1 Å². The first-order chi connectivity index (χ1) is 11.3. The van der Waals surface area contributed by atoms with Crippen LogP contribution in [-0.2, 0) is 10.0 Å². The van der Waals surface area contributed by atoms with Gasteiger partial charge in [-0.15, -0.1) is 12.4 Å². The number of benzene rings is 1. The summed E-state index contributed by atoms with van der Waals surface area (Å²) in [6, 6.07) is 9.40. The fourth-order valence-corrected chi connectivity index (χ4v) is 3.96. The van der Waals surface area contributed by atoms with Crippen molar-refractivity contribution in [3.05, 3.63) is 42.7 Å². The zero-order chi connectivity index (χ0) is 17.8. The Morgan fingerprint density at radius 2 is 1.72 bits per heavy atom. The monoisotopic (exact) mass is 384 g/mol. The van der Waals surface area contributed by atoms with E-state index in [0.29, 0.717) is 18.2 Å². The van der Waals surface area contributed by atoms with E-state index in [1.54, 1.807) is 0 Å². The number of sulfonamides is 1. The normalized spacial score (nSPS) is 14.0. The van der Waals surface area contributed by atoms with Gasteiger partial charge in [0.25, 0.3) is 0 Å². The molecule has 2 aromatic rings. The van der Waals surface area contributed by atoms with Gasteiger partial charge >= 0.3 is 0 Å². The zero-order valence-corrected chi connectivity index (χ0v) is 16.3. The standard InChI is InChI=1S/C17H24N4O2S.ClH/c1-13(2)9-17(3,12-18)21-24(22,23)15-10-19-16(20-11-15)14-7-5-4-6-8-14;/h4-8,10-11,13,21H,9,12,18H2,1-3H3;1H. The Bertz CT molecular complexity index is 767. The van der Waals surface area contributed by atoms with Crippen LogP contribution in [0.5, 0.6) is 0 Å². The minimum Gasteiger partial charge on any atom is -0.329 e. The van der Waals surface area contributed by atoms with Crippen LogP contribution >= 0.6 is 12.4 Å². The van der Waals surface area contributed by atoms with Crippen LogP contribution in [0.1, 0.15) is 27.2 Å². The third-order valence-corrected chi connectivity index (χ3v) is 5.25. The lowest BCUT2D eigenvalue weighted by Crippen LogP contribution is -2.52. The molecule has 2 rings (SSSR count). The van der Waals surface area contributed by atoms with Crippen molar-refractivity contribution in [2.24, 2.45) is 11.7 Å². The molecule has 0 saturated heterocycles. The molecule has 0 amide bonds. The van der Waals surface area contributed by atoms with Gasteiger partial charge in [0, 0.05) is 17.6 Å². The molecule has 0 aliphatic carbocycles. The number of nitrogens with one attached hydrogen (secondary N) is 1. The second-order valence-electron chi connectivity index (χ2n) is 6.58. The van der Waals surface area contributed by atoms with Crippen LogP contribution in [-0.4, -0.2) is 30.5 Å². The van der Waals surface area contributed by atoms with Crippen LogP contribution < -0.4 is 10.5 Å². The predicted octanol–water partition coefficient (Wildman–Crippen LogP) is 2.61. The molecule has 1 aromatic heterocycles. The van der Waals surface area contributed by atoms with Crippen LogP contribution in [0.15, 0.2) is 47.6 Å². The maximum atomic E-state index is 12.6. The van der Waals surface area contributed by atoms with Gasteiger partial charge in [0.2, 0.25) is 10.0 Å². The minimum absolute atomic E-state index is 0. The summed E-state index contributed by atoms with van der Waals surface area (Å²) in [5.74, 6) is 0.802. The molecule has 0 aliphatic rings. The molecule has 8 heteroatoms. The highest BCUT2D eigenvalue weighted by molar-refractivity contribution is 7.89. The van der Waals surface area contributed by atoms with E-state index >= 15 is 0 Å². The Morgan fingerprint density at radius 1 is 1.16 bits per heavy atom. The van der Waals surface area contributed by atoms with E-state index in [-0.39, 0.29) is 23.8 Å². The Balaban J connectivity index is 0.00000312. The van der Waals surface area contributed by atoms with E-state index in [2.05, 4.69) is 14.7 Å². The summed E-state index contributed by atoms with van der Waals surface area (Å²) in [6.07, 6.45) is 3.29. The SMILES string of the molecule is CC(C)CC(C)(CN)NS(=O)(=O)c1cnc(-c2ccccc2)nc1.Cl. The topological polar surface area (TPSA) is 98.0 Å². The van der Waals surface area contributed by atoms with Gasteiger partial charge in [0.05, 0.1) is 12.4 Å². The van der Waals surface area contributed by atoms with Crippen molar-refractivity contribution >= 4 is 22.4 Å². The van der Waals surface area contributed by atoms with Crippen molar-refractivity contribution in [1.82, 2.24) is 14.7 Å². The van der Waals surface area contributed by atoms with Gasteiger partial charge in [-0.3, -0.25) is 0 Å². The number of aromatic nitrogens is 2. The molecule has 1 unspecified atom stereocenters. The van der Waals surface area contributed by atoms with Crippen molar-refractivity contribution in [2.75, 3.05) is 6.54 Å². The molecule has 3 N–H and O–H groups in total. The summed E-state index contributed by atoms with van der Waals surface area (Å²) in [5, 5.41) is 0. The predicted molar refractivity (Wildman–Crippen MR) is 102 cm³/mol. The number of hydrogen-bond donors (Lipinski definition) is 2. The lowest BCUT2D eigenvalue weighted by molar-refractivity contribution is 0.344. The van der Waals surface area contributed by atoms with Crippen molar-refractivity contribution < 1.29 is 8.42 Å². The Kier molecular flexibility index (Phi) is 7.49. The maximum absolute atomic E-state index is 12.6. The Labute approximate surface area is 155 Å². The third-order valence-electron chi connectivity index (χ3n) is 3.66. The molecular weight excluding hydrogens is 360 g/mol. The summed E-state index contributed by atoms with van der Waals surface area (Å²) in [4.78, 5) is 8.37. The first-order valence-corrected chi connectivity index (χ1v) is 9.35. The number of nitrogens with zero attached hydrogens (tertiary/aromatic N) is 2. The maximum Gasteiger partial charge on any atom is 0.244 e. The largest absolute Gasteiger partial charge is 0.329 e. The lowest BCUT2D eigenvalue weighted by atomic mass is 9.92. The van der Waals surface area contributed by atoms with E-state index in [4.69, 9.17) is 5.73 Å². The highest BCUT2D eigenvalue weighted by Crippen LogP contribution is 2.20. The van der Waals surface area contributed by atoms with Crippen LogP contribution in [0.2, 0.25) is 0 Å². The van der Waals surface area contributed by atoms with Crippen molar-refractivity contribution in [3.63, 3.8) is 0 Å². The third kappa shape index (κ3) is 5.74. The van der Waals surface area contributed by atoms with E-state index in [1.165, 1.54) is 12.4 Å². The fourth-order valence-electron chi connectivity index (χ4n) is 2.64. The molecule has 1 heterocycles.